The van der Waals surface area contributed by atoms with Gasteiger partial charge in [-0.15, -0.1) is 0 Å². The van der Waals surface area contributed by atoms with Crippen molar-refractivity contribution < 1.29 is 14.3 Å². The van der Waals surface area contributed by atoms with Gasteiger partial charge in [0, 0.05) is 27.8 Å². The Hall–Kier alpha value is -3.59. The fourth-order valence-electron chi connectivity index (χ4n) is 3.02. The fourth-order valence-corrected chi connectivity index (χ4v) is 4.12. The summed E-state index contributed by atoms with van der Waals surface area (Å²) in [4.78, 5) is 22.5. The van der Waals surface area contributed by atoms with Crippen LogP contribution in [0.1, 0.15) is 21.6 Å². The average Bonchev–Trinajstić information content (AvgIpc) is 3.25. The number of nitrogens with zero attached hydrogens (tertiary/aromatic N) is 4. The number of carbonyl (C=O) groups excluding carboxylic acids is 1. The lowest BCUT2D eigenvalue weighted by molar-refractivity contribution is 0.102. The summed E-state index contributed by atoms with van der Waals surface area (Å²) in [5.74, 6) is 1.36. The molecule has 0 saturated heterocycles. The number of methoxy groups -OCH3 is 2. The molecule has 0 aliphatic carbocycles. The summed E-state index contributed by atoms with van der Waals surface area (Å²) in [6.45, 7) is 3.94. The number of nitrogens with one attached hydrogen (secondary N) is 1. The van der Waals surface area contributed by atoms with Crippen molar-refractivity contribution in [3.05, 3.63) is 65.6 Å². The van der Waals surface area contributed by atoms with E-state index in [-0.39, 0.29) is 5.91 Å². The van der Waals surface area contributed by atoms with Crippen molar-refractivity contribution in [2.24, 2.45) is 0 Å². The number of rotatable bonds is 6. The molecule has 1 amide bonds. The van der Waals surface area contributed by atoms with Gasteiger partial charge < -0.3 is 14.8 Å². The lowest BCUT2D eigenvalue weighted by Crippen LogP contribution is -2.13. The van der Waals surface area contributed by atoms with E-state index in [1.807, 2.05) is 38.1 Å². The van der Waals surface area contributed by atoms with Crippen LogP contribution in [0.2, 0.25) is 0 Å². The van der Waals surface area contributed by atoms with E-state index in [0.29, 0.717) is 28.5 Å². The zero-order chi connectivity index (χ0) is 22.0. The number of ether oxygens (including phenoxy) is 2. The number of carbonyl (C=O) groups is 1. The maximum atomic E-state index is 13.0. The number of aromatic nitrogens is 4. The van der Waals surface area contributed by atoms with E-state index < -0.39 is 0 Å². The van der Waals surface area contributed by atoms with Gasteiger partial charge in [0.1, 0.15) is 22.9 Å². The Bertz CT molecular complexity index is 1250. The van der Waals surface area contributed by atoms with E-state index in [9.17, 15) is 4.79 Å². The Morgan fingerprint density at radius 3 is 2.48 bits per heavy atom. The van der Waals surface area contributed by atoms with E-state index in [1.165, 1.54) is 18.1 Å². The average molecular weight is 436 g/mol. The van der Waals surface area contributed by atoms with Crippen molar-refractivity contribution in [1.29, 1.82) is 0 Å². The molecule has 0 saturated carbocycles. The first-order valence-electron chi connectivity index (χ1n) is 9.48. The molecule has 0 fully saturated rings. The summed E-state index contributed by atoms with van der Waals surface area (Å²) >= 11 is 1.50. The number of amides is 1. The van der Waals surface area contributed by atoms with Crippen LogP contribution >= 0.6 is 11.8 Å². The first kappa shape index (κ1) is 20.7. The summed E-state index contributed by atoms with van der Waals surface area (Å²) in [6, 6.07) is 12.7. The third-order valence-corrected chi connectivity index (χ3v) is 6.06. The molecular weight excluding hydrogens is 414 g/mol. The maximum absolute atomic E-state index is 13.0. The first-order valence-corrected chi connectivity index (χ1v) is 10.3. The summed E-state index contributed by atoms with van der Waals surface area (Å²) in [5, 5.41) is 8.19. The quantitative estimate of drug-likeness (QED) is 0.455. The number of hydrogen-bond donors (Lipinski definition) is 1. The smallest absolute Gasteiger partial charge is 0.255 e. The van der Waals surface area contributed by atoms with Gasteiger partial charge in [0.15, 0.2) is 0 Å². The molecule has 2 heterocycles. The third-order valence-electron chi connectivity index (χ3n) is 4.81. The van der Waals surface area contributed by atoms with E-state index in [2.05, 4.69) is 20.4 Å². The second kappa shape index (κ2) is 8.65. The fraction of sp³-hybridized carbons (Fsp3) is 0.182. The van der Waals surface area contributed by atoms with E-state index in [0.717, 1.165) is 21.2 Å². The summed E-state index contributed by atoms with van der Waals surface area (Å²) in [6.07, 6.45) is 1.48. The van der Waals surface area contributed by atoms with Gasteiger partial charge >= 0.3 is 0 Å². The van der Waals surface area contributed by atoms with Gasteiger partial charge in [-0.2, -0.15) is 14.6 Å². The van der Waals surface area contributed by atoms with Gasteiger partial charge in [-0.05, 0) is 38.1 Å². The predicted octanol–water partition coefficient (Wildman–Crippen LogP) is 4.16. The SMILES string of the molecule is COc1cc(OC)cc(C(=O)Nc2ccccc2Sc2c(C)c(C)nc3ncnn23)c1. The molecule has 158 valence electrons. The highest BCUT2D eigenvalue weighted by atomic mass is 32.2. The normalized spacial score (nSPS) is 10.8. The topological polar surface area (TPSA) is 90.6 Å². The second-order valence-electron chi connectivity index (χ2n) is 6.75. The minimum Gasteiger partial charge on any atom is -0.497 e. The van der Waals surface area contributed by atoms with Crippen molar-refractivity contribution in [2.45, 2.75) is 23.8 Å². The Kier molecular flexibility index (Phi) is 5.77. The van der Waals surface area contributed by atoms with Crippen molar-refractivity contribution >= 4 is 29.1 Å². The molecule has 2 aromatic carbocycles. The highest BCUT2D eigenvalue weighted by Crippen LogP contribution is 2.36. The zero-order valence-corrected chi connectivity index (χ0v) is 18.4. The van der Waals surface area contributed by atoms with Crippen molar-refractivity contribution in [3.8, 4) is 11.5 Å². The Morgan fingerprint density at radius 1 is 1.06 bits per heavy atom. The van der Waals surface area contributed by atoms with E-state index in [4.69, 9.17) is 9.47 Å². The Morgan fingerprint density at radius 2 is 1.77 bits per heavy atom. The number of para-hydroxylation sites is 1. The minimum atomic E-state index is -0.265. The number of anilines is 1. The van der Waals surface area contributed by atoms with Crippen LogP contribution in [-0.2, 0) is 0 Å². The zero-order valence-electron chi connectivity index (χ0n) is 17.5. The van der Waals surface area contributed by atoms with Crippen LogP contribution in [0.5, 0.6) is 11.5 Å². The molecule has 9 heteroatoms. The molecule has 0 bridgehead atoms. The number of aryl methyl sites for hydroxylation is 1. The summed E-state index contributed by atoms with van der Waals surface area (Å²) in [7, 11) is 3.10. The molecule has 4 aromatic rings. The van der Waals surface area contributed by atoms with Crippen LogP contribution in [0.15, 0.2) is 58.7 Å². The minimum absolute atomic E-state index is 0.265. The van der Waals surface area contributed by atoms with Crippen LogP contribution in [0.3, 0.4) is 0 Å². The van der Waals surface area contributed by atoms with Crippen molar-refractivity contribution in [2.75, 3.05) is 19.5 Å². The Balaban J connectivity index is 1.67. The number of fused-ring (bicyclic) bond motifs is 1. The number of hydrogen-bond acceptors (Lipinski definition) is 7. The lowest BCUT2D eigenvalue weighted by Gasteiger charge is -2.14. The van der Waals surface area contributed by atoms with E-state index >= 15 is 0 Å². The molecule has 0 aliphatic rings. The molecule has 0 spiro atoms. The molecule has 0 atom stereocenters. The van der Waals surface area contributed by atoms with Crippen LogP contribution in [-0.4, -0.2) is 39.7 Å². The van der Waals surface area contributed by atoms with Crippen LogP contribution in [0.4, 0.5) is 5.69 Å². The highest BCUT2D eigenvalue weighted by molar-refractivity contribution is 7.99. The Labute approximate surface area is 183 Å². The molecule has 31 heavy (non-hydrogen) atoms. The first-order chi connectivity index (χ1) is 15.0. The van der Waals surface area contributed by atoms with Gasteiger partial charge in [0.2, 0.25) is 0 Å². The largest absolute Gasteiger partial charge is 0.497 e. The van der Waals surface area contributed by atoms with Crippen molar-refractivity contribution in [1.82, 2.24) is 19.6 Å². The molecule has 4 rings (SSSR count). The molecule has 0 aliphatic heterocycles. The maximum Gasteiger partial charge on any atom is 0.255 e. The molecule has 0 radical (unpaired) electrons. The van der Waals surface area contributed by atoms with Gasteiger partial charge in [-0.25, -0.2) is 4.98 Å². The standard InChI is InChI=1S/C22H21N5O3S/c1-13-14(2)25-22-23-12-24-27(22)21(13)31-19-8-6-5-7-18(19)26-20(28)15-9-16(29-3)11-17(10-15)30-4/h5-12H,1-4H3,(H,26,28). The van der Waals surface area contributed by atoms with E-state index in [1.54, 1.807) is 36.9 Å². The molecule has 1 N–H and O–H groups in total. The van der Waals surface area contributed by atoms with Crippen LogP contribution in [0, 0.1) is 13.8 Å². The lowest BCUT2D eigenvalue weighted by atomic mass is 10.2. The van der Waals surface area contributed by atoms with Crippen molar-refractivity contribution in [3.63, 3.8) is 0 Å². The number of benzene rings is 2. The molecule has 0 unspecified atom stereocenters. The monoisotopic (exact) mass is 435 g/mol. The summed E-state index contributed by atoms with van der Waals surface area (Å²) < 4.78 is 12.3. The van der Waals surface area contributed by atoms with Gasteiger partial charge in [-0.3, -0.25) is 4.79 Å². The molecular formula is C22H21N5O3S. The summed E-state index contributed by atoms with van der Waals surface area (Å²) in [5.41, 5.74) is 3.00. The van der Waals surface area contributed by atoms with Gasteiger partial charge in [0.25, 0.3) is 11.7 Å². The van der Waals surface area contributed by atoms with Crippen LogP contribution < -0.4 is 14.8 Å². The predicted molar refractivity (Wildman–Crippen MR) is 118 cm³/mol. The second-order valence-corrected chi connectivity index (χ2v) is 7.78. The highest BCUT2D eigenvalue weighted by Gasteiger charge is 2.16. The van der Waals surface area contributed by atoms with Gasteiger partial charge in [0.05, 0.1) is 19.9 Å². The third kappa shape index (κ3) is 4.17. The van der Waals surface area contributed by atoms with Gasteiger partial charge in [-0.1, -0.05) is 23.9 Å². The molecule has 2 aromatic heterocycles. The molecule has 8 nitrogen and oxygen atoms in total. The van der Waals surface area contributed by atoms with Crippen LogP contribution in [0.25, 0.3) is 5.78 Å².